The lowest BCUT2D eigenvalue weighted by Gasteiger charge is -1.86. The molecule has 0 saturated carbocycles. The number of hydrogen-bond acceptors (Lipinski definition) is 1. The van der Waals surface area contributed by atoms with Crippen molar-refractivity contribution in [2.45, 2.75) is 0 Å². The maximum atomic E-state index is 11.0. The molecule has 0 heterocycles. The minimum Gasteiger partial charge on any atom is -0.485 e. The molecule has 0 saturated heterocycles. The monoisotopic (exact) mass is 110 g/mol. The summed E-state index contributed by atoms with van der Waals surface area (Å²) in [6, 6.07) is 0. The van der Waals surface area contributed by atoms with Crippen molar-refractivity contribution in [2.75, 3.05) is 7.11 Å². The maximum Gasteiger partial charge on any atom is 0.215 e. The van der Waals surface area contributed by atoms with Crippen LogP contribution in [0.2, 0.25) is 0 Å². The second-order valence-electron chi connectivity index (χ2n) is 0.617. The van der Waals surface area contributed by atoms with Crippen molar-refractivity contribution in [1.29, 1.82) is 0 Å². The summed E-state index contributed by atoms with van der Waals surface area (Å²) >= 11 is 4.91. The van der Waals surface area contributed by atoms with Crippen molar-refractivity contribution in [3.05, 3.63) is 11.5 Å². The van der Waals surface area contributed by atoms with Crippen LogP contribution in [0.5, 0.6) is 0 Å². The van der Waals surface area contributed by atoms with Crippen molar-refractivity contribution in [1.82, 2.24) is 0 Å². The summed E-state index contributed by atoms with van der Waals surface area (Å²) in [4.78, 5) is 0. The van der Waals surface area contributed by atoms with E-state index in [1.54, 1.807) is 0 Å². The van der Waals surface area contributed by atoms with Gasteiger partial charge in [-0.05, 0) is 11.6 Å². The molecule has 0 aromatic heterocycles. The second-order valence-corrected chi connectivity index (χ2v) is 0.990. The van der Waals surface area contributed by atoms with Crippen LogP contribution in [-0.4, -0.2) is 7.11 Å². The minimum atomic E-state index is -0.227. The fourth-order valence-electron chi connectivity index (χ4n) is 0.0445. The van der Waals surface area contributed by atoms with E-state index in [4.69, 9.17) is 11.6 Å². The van der Waals surface area contributed by atoms with E-state index in [0.29, 0.717) is 0 Å². The van der Waals surface area contributed by atoms with Crippen molar-refractivity contribution in [2.24, 2.45) is 0 Å². The number of rotatable bonds is 1. The molecule has 0 aromatic rings. The van der Waals surface area contributed by atoms with Crippen LogP contribution in [0.3, 0.4) is 0 Å². The SMILES string of the molecule is CO/C(Cl)=C\F. The molecule has 3 heteroatoms. The average Bonchev–Trinajstić information content (AvgIpc) is 1.65. The van der Waals surface area contributed by atoms with Crippen LogP contribution in [0.4, 0.5) is 4.39 Å². The van der Waals surface area contributed by atoms with E-state index in [1.807, 2.05) is 0 Å². The summed E-state index contributed by atoms with van der Waals surface area (Å²) in [6.07, 6.45) is 0.182. The summed E-state index contributed by atoms with van der Waals surface area (Å²) < 4.78 is 15.1. The lowest BCUT2D eigenvalue weighted by molar-refractivity contribution is 0.313. The molecular formula is C3H4ClFO. The third-order valence-electron chi connectivity index (χ3n) is 0.281. The summed E-state index contributed by atoms with van der Waals surface area (Å²) in [7, 11) is 1.29. The maximum absolute atomic E-state index is 11.0. The molecule has 0 bridgehead atoms. The third-order valence-corrected chi connectivity index (χ3v) is 0.518. The molecule has 0 amide bonds. The van der Waals surface area contributed by atoms with Gasteiger partial charge in [0.05, 0.1) is 7.11 Å². The number of ether oxygens (including phenoxy) is 1. The molecule has 36 valence electrons. The molecule has 1 nitrogen and oxygen atoms in total. The first kappa shape index (κ1) is 5.76. The van der Waals surface area contributed by atoms with Gasteiger partial charge in [0.2, 0.25) is 5.22 Å². The Bertz CT molecular complexity index is 61.8. The highest BCUT2D eigenvalue weighted by Gasteiger charge is 1.79. The van der Waals surface area contributed by atoms with E-state index in [9.17, 15) is 4.39 Å². The Labute approximate surface area is 40.4 Å². The third kappa shape index (κ3) is 2.03. The van der Waals surface area contributed by atoms with E-state index in [1.165, 1.54) is 7.11 Å². The number of hydrogen-bond donors (Lipinski definition) is 0. The van der Waals surface area contributed by atoms with Gasteiger partial charge in [0, 0.05) is 0 Å². The van der Waals surface area contributed by atoms with Crippen LogP contribution in [0, 0.1) is 0 Å². The first-order valence-corrected chi connectivity index (χ1v) is 1.69. The summed E-state index contributed by atoms with van der Waals surface area (Å²) in [6.45, 7) is 0. The molecule has 0 fully saturated rings. The topological polar surface area (TPSA) is 9.23 Å². The summed E-state index contributed by atoms with van der Waals surface area (Å²) in [5.41, 5.74) is 0. The Morgan fingerprint density at radius 3 is 2.50 bits per heavy atom. The van der Waals surface area contributed by atoms with E-state index < -0.39 is 0 Å². The molecule has 0 aromatic carbocycles. The predicted molar refractivity (Wildman–Crippen MR) is 22.1 cm³/mol. The van der Waals surface area contributed by atoms with Crippen LogP contribution in [0.25, 0.3) is 0 Å². The molecule has 0 aliphatic heterocycles. The normalized spacial score (nSPS) is 11.5. The first-order chi connectivity index (χ1) is 2.81. The summed E-state index contributed by atoms with van der Waals surface area (Å²) in [5.74, 6) is 0. The quantitative estimate of drug-likeness (QED) is 0.467. The molecule has 0 radical (unpaired) electrons. The second kappa shape index (κ2) is 2.97. The highest BCUT2D eigenvalue weighted by molar-refractivity contribution is 6.28. The van der Waals surface area contributed by atoms with E-state index in [2.05, 4.69) is 4.74 Å². The lowest BCUT2D eigenvalue weighted by atomic mass is 11.1. The highest BCUT2D eigenvalue weighted by Crippen LogP contribution is 1.98. The Balaban J connectivity index is 3.22. The van der Waals surface area contributed by atoms with Gasteiger partial charge in [0.15, 0.2) is 0 Å². The Hall–Kier alpha value is -0.240. The number of halogens is 2. The molecule has 6 heavy (non-hydrogen) atoms. The van der Waals surface area contributed by atoms with Crippen LogP contribution in [-0.2, 0) is 4.74 Å². The van der Waals surface area contributed by atoms with E-state index in [-0.39, 0.29) is 11.5 Å². The zero-order valence-electron chi connectivity index (χ0n) is 3.24. The van der Waals surface area contributed by atoms with Crippen molar-refractivity contribution in [3.8, 4) is 0 Å². The van der Waals surface area contributed by atoms with Gasteiger partial charge in [0.1, 0.15) is 6.33 Å². The molecule has 0 aliphatic carbocycles. The van der Waals surface area contributed by atoms with Crippen LogP contribution < -0.4 is 0 Å². The summed E-state index contributed by atoms with van der Waals surface area (Å²) in [5, 5.41) is -0.227. The van der Waals surface area contributed by atoms with Gasteiger partial charge in [-0.1, -0.05) is 0 Å². The standard InChI is InChI=1S/C3H4ClFO/c1-6-3(4)2-5/h2H,1H3/b3-2-. The van der Waals surface area contributed by atoms with Crippen molar-refractivity contribution >= 4 is 11.6 Å². The van der Waals surface area contributed by atoms with Gasteiger partial charge in [-0.25, -0.2) is 4.39 Å². The molecule has 0 spiro atoms. The van der Waals surface area contributed by atoms with Crippen molar-refractivity contribution in [3.63, 3.8) is 0 Å². The van der Waals surface area contributed by atoms with E-state index >= 15 is 0 Å². The van der Waals surface area contributed by atoms with Crippen molar-refractivity contribution < 1.29 is 9.13 Å². The van der Waals surface area contributed by atoms with Gasteiger partial charge in [-0.2, -0.15) is 0 Å². The molecule has 0 unspecified atom stereocenters. The lowest BCUT2D eigenvalue weighted by Crippen LogP contribution is -1.69. The van der Waals surface area contributed by atoms with Gasteiger partial charge in [-0.15, -0.1) is 0 Å². The van der Waals surface area contributed by atoms with Gasteiger partial charge in [-0.3, -0.25) is 0 Å². The Morgan fingerprint density at radius 2 is 2.50 bits per heavy atom. The molecule has 0 rings (SSSR count). The average molecular weight is 111 g/mol. The Kier molecular flexibility index (Phi) is 2.85. The minimum absolute atomic E-state index is 0.182. The van der Waals surface area contributed by atoms with Crippen LogP contribution in [0.15, 0.2) is 11.5 Å². The van der Waals surface area contributed by atoms with E-state index in [0.717, 1.165) is 0 Å². The van der Waals surface area contributed by atoms with Gasteiger partial charge >= 0.3 is 0 Å². The fourth-order valence-corrected chi connectivity index (χ4v) is 0.0445. The zero-order valence-corrected chi connectivity index (χ0v) is 4.00. The Morgan fingerprint density at radius 1 is 2.00 bits per heavy atom. The molecule has 0 aliphatic rings. The molecular weight excluding hydrogens is 106 g/mol. The molecule has 0 atom stereocenters. The fraction of sp³-hybridized carbons (Fsp3) is 0.333. The highest BCUT2D eigenvalue weighted by atomic mass is 35.5. The molecule has 0 N–H and O–H groups in total. The predicted octanol–water partition coefficient (Wildman–Crippen LogP) is 1.64. The van der Waals surface area contributed by atoms with Gasteiger partial charge < -0.3 is 4.74 Å². The smallest absolute Gasteiger partial charge is 0.215 e. The van der Waals surface area contributed by atoms with Gasteiger partial charge in [0.25, 0.3) is 0 Å². The van der Waals surface area contributed by atoms with Crippen LogP contribution in [0.1, 0.15) is 0 Å². The van der Waals surface area contributed by atoms with Crippen LogP contribution >= 0.6 is 11.6 Å². The largest absolute Gasteiger partial charge is 0.485 e. The zero-order chi connectivity index (χ0) is 4.99. The number of methoxy groups -OCH3 is 1. The first-order valence-electron chi connectivity index (χ1n) is 1.31.